The van der Waals surface area contributed by atoms with Gasteiger partial charge >= 0.3 is 23.9 Å². The zero-order valence-electron chi connectivity index (χ0n) is 20.2. The topological polar surface area (TPSA) is 62.3 Å². The number of carbonyl (C=O) groups is 2. The first-order valence-electron chi connectivity index (χ1n) is 10.8. The lowest BCUT2D eigenvalue weighted by atomic mass is 9.87. The molecule has 2 amide bonds. The molecule has 3 aromatic rings. The van der Waals surface area contributed by atoms with Crippen molar-refractivity contribution in [3.63, 3.8) is 0 Å². The molecular weight excluding hydrogens is 842 g/mol. The quantitative estimate of drug-likeness (QED) is 0.154. The van der Waals surface area contributed by atoms with E-state index in [-0.39, 0.29) is 22.8 Å². The number of alkyl halides is 9. The number of benzene rings is 2. The molecule has 0 aliphatic heterocycles. The van der Waals surface area contributed by atoms with Gasteiger partial charge in [-0.2, -0.15) is 35.1 Å². The fraction of sp³-hybridized carbons (Fsp3) is 0.208. The number of aromatic nitrogens is 1. The lowest BCUT2D eigenvalue weighted by Crippen LogP contribution is -2.59. The zero-order valence-corrected chi connectivity index (χ0v) is 25.3. The summed E-state index contributed by atoms with van der Waals surface area (Å²) in [6.45, 7) is 0. The summed E-state index contributed by atoms with van der Waals surface area (Å²) in [4.78, 5) is 30.3. The summed E-state index contributed by atoms with van der Waals surface area (Å²) in [6, 6.07) is 6.11. The molecule has 1 N–H and O–H groups in total. The van der Waals surface area contributed by atoms with Crippen LogP contribution in [0.25, 0.3) is 0 Å². The molecule has 0 aliphatic rings. The van der Waals surface area contributed by atoms with E-state index in [1.54, 1.807) is 0 Å². The van der Waals surface area contributed by atoms with E-state index in [4.69, 9.17) is 11.6 Å². The summed E-state index contributed by atoms with van der Waals surface area (Å²) >= 11 is 8.26. The minimum Gasteiger partial charge on any atom is -0.320 e. The maximum atomic E-state index is 15.4. The highest BCUT2D eigenvalue weighted by atomic mass is 127. The minimum atomic E-state index is -6.92. The van der Waals surface area contributed by atoms with Gasteiger partial charge in [0.25, 0.3) is 11.8 Å². The van der Waals surface area contributed by atoms with E-state index in [0.29, 0.717) is 0 Å². The maximum Gasteiger partial charge on any atom is 0.457 e. The molecule has 0 spiro atoms. The smallest absolute Gasteiger partial charge is 0.320 e. The number of pyridine rings is 1. The summed E-state index contributed by atoms with van der Waals surface area (Å²) in [5.74, 6) is -10.2. The highest BCUT2D eigenvalue weighted by Gasteiger charge is 2.81. The molecule has 0 fully saturated rings. The summed E-state index contributed by atoms with van der Waals surface area (Å²) in [6.07, 6.45) is -12.3. The monoisotopic (exact) mass is 853 g/mol. The Balaban J connectivity index is 2.01. The van der Waals surface area contributed by atoms with E-state index in [0.717, 1.165) is 24.1 Å². The first kappa shape index (κ1) is 34.1. The van der Waals surface area contributed by atoms with Crippen molar-refractivity contribution >= 4 is 80.0 Å². The molecular formula is C24H12ClF10I2N3O2. The van der Waals surface area contributed by atoms with Crippen LogP contribution in [0.1, 0.15) is 26.3 Å². The van der Waals surface area contributed by atoms with Crippen molar-refractivity contribution in [3.05, 3.63) is 83.5 Å². The van der Waals surface area contributed by atoms with Gasteiger partial charge in [0, 0.05) is 25.9 Å². The maximum absolute atomic E-state index is 15.4. The fourth-order valence-electron chi connectivity index (χ4n) is 3.58. The third kappa shape index (κ3) is 6.00. The van der Waals surface area contributed by atoms with Gasteiger partial charge in [-0.1, -0.05) is 17.7 Å². The molecule has 0 bridgehead atoms. The molecule has 42 heavy (non-hydrogen) atoms. The van der Waals surface area contributed by atoms with Gasteiger partial charge in [0.15, 0.2) is 5.82 Å². The van der Waals surface area contributed by atoms with Gasteiger partial charge < -0.3 is 10.2 Å². The molecule has 0 radical (unpaired) electrons. The van der Waals surface area contributed by atoms with Gasteiger partial charge in [-0.25, -0.2) is 13.8 Å². The lowest BCUT2D eigenvalue weighted by molar-refractivity contribution is -0.389. The normalized spacial score (nSPS) is 13.9. The molecule has 0 aliphatic carbocycles. The number of halogens is 13. The molecule has 18 heteroatoms. The Hall–Kier alpha value is -2.42. The van der Waals surface area contributed by atoms with Crippen LogP contribution in [0, 0.1) is 13.0 Å². The molecule has 1 aromatic heterocycles. The van der Waals surface area contributed by atoms with Gasteiger partial charge in [0.1, 0.15) is 5.15 Å². The Labute approximate surface area is 261 Å². The van der Waals surface area contributed by atoms with E-state index < -0.39 is 71.2 Å². The van der Waals surface area contributed by atoms with Crippen LogP contribution in [0.3, 0.4) is 0 Å². The van der Waals surface area contributed by atoms with Crippen molar-refractivity contribution in [1.29, 1.82) is 0 Å². The molecule has 2 aromatic carbocycles. The van der Waals surface area contributed by atoms with Gasteiger partial charge in [-0.3, -0.25) is 9.59 Å². The van der Waals surface area contributed by atoms with Gasteiger partial charge in [-0.05, 0) is 81.6 Å². The van der Waals surface area contributed by atoms with E-state index in [1.807, 2.05) is 0 Å². The van der Waals surface area contributed by atoms with Crippen LogP contribution in [0.15, 0.2) is 48.7 Å². The number of anilines is 2. The molecule has 3 rings (SSSR count). The Bertz CT molecular complexity index is 1530. The predicted octanol–water partition coefficient (Wildman–Crippen LogP) is 8.54. The lowest BCUT2D eigenvalue weighted by Gasteiger charge is -2.36. The van der Waals surface area contributed by atoms with Crippen LogP contribution in [-0.4, -0.2) is 42.1 Å². The Morgan fingerprint density at radius 1 is 0.881 bits per heavy atom. The zero-order chi connectivity index (χ0) is 32.0. The number of carbonyl (C=O) groups excluding carboxylic acids is 2. The van der Waals surface area contributed by atoms with Gasteiger partial charge in [-0.15, -0.1) is 0 Å². The second-order valence-corrected chi connectivity index (χ2v) is 11.0. The summed E-state index contributed by atoms with van der Waals surface area (Å²) in [5, 5.41) is 1.93. The largest absolute Gasteiger partial charge is 0.457 e. The highest BCUT2D eigenvalue weighted by Crippen LogP contribution is 2.58. The predicted molar refractivity (Wildman–Crippen MR) is 148 cm³/mol. The Kier molecular flexibility index (Phi) is 9.68. The first-order chi connectivity index (χ1) is 19.2. The van der Waals surface area contributed by atoms with Crippen LogP contribution in [0.4, 0.5) is 55.3 Å². The molecule has 0 saturated carbocycles. The number of hydrogen-bond donors (Lipinski definition) is 1. The number of hydrogen-bond acceptors (Lipinski definition) is 3. The number of nitrogens with zero attached hydrogens (tertiary/aromatic N) is 2. The Morgan fingerprint density at radius 2 is 1.43 bits per heavy atom. The van der Waals surface area contributed by atoms with Gasteiger partial charge in [0.05, 0.1) is 22.5 Å². The van der Waals surface area contributed by atoms with Crippen molar-refractivity contribution in [2.75, 3.05) is 17.3 Å². The summed E-state index contributed by atoms with van der Waals surface area (Å²) < 4.78 is 136. The van der Waals surface area contributed by atoms with Crippen LogP contribution in [0.5, 0.6) is 0 Å². The summed E-state index contributed by atoms with van der Waals surface area (Å²) in [7, 11) is 1.16. The van der Waals surface area contributed by atoms with Crippen molar-refractivity contribution in [1.82, 2.24) is 4.98 Å². The molecule has 0 saturated heterocycles. The van der Waals surface area contributed by atoms with E-state index in [1.165, 1.54) is 69.6 Å². The van der Waals surface area contributed by atoms with Crippen LogP contribution in [-0.2, 0) is 5.67 Å². The molecule has 1 heterocycles. The molecule has 5 nitrogen and oxygen atoms in total. The molecule has 1 unspecified atom stereocenters. The average Bonchev–Trinajstić information content (AvgIpc) is 2.88. The molecule has 1 atom stereocenters. The van der Waals surface area contributed by atoms with E-state index in [9.17, 15) is 49.1 Å². The van der Waals surface area contributed by atoms with Gasteiger partial charge in [0.2, 0.25) is 0 Å². The number of nitrogens with one attached hydrogen (secondary N) is 1. The second-order valence-electron chi connectivity index (χ2n) is 8.34. The molecule has 226 valence electrons. The van der Waals surface area contributed by atoms with Crippen LogP contribution >= 0.6 is 56.8 Å². The van der Waals surface area contributed by atoms with E-state index in [2.05, 4.69) is 10.3 Å². The second kappa shape index (κ2) is 11.9. The van der Waals surface area contributed by atoms with Crippen LogP contribution < -0.4 is 10.2 Å². The highest BCUT2D eigenvalue weighted by molar-refractivity contribution is 14.1. The van der Waals surface area contributed by atoms with Crippen molar-refractivity contribution in [2.24, 2.45) is 0 Å². The number of amides is 2. The average molecular weight is 854 g/mol. The Morgan fingerprint density at radius 3 is 1.93 bits per heavy atom. The SMILES string of the molecule is CN(C(=O)c1cccnc1Cl)c1cccc(C(=O)Nc2c(I)cc(C(F)(C(F)(F)F)C(F)(F)C(F)(F)F)cc2I)c1F. The van der Waals surface area contributed by atoms with Crippen molar-refractivity contribution in [3.8, 4) is 0 Å². The number of rotatable bonds is 6. The third-order valence-electron chi connectivity index (χ3n) is 5.74. The first-order valence-corrected chi connectivity index (χ1v) is 13.4. The van der Waals surface area contributed by atoms with Crippen molar-refractivity contribution < 1.29 is 53.5 Å². The minimum absolute atomic E-state index is 0.0579. The van der Waals surface area contributed by atoms with Crippen molar-refractivity contribution in [2.45, 2.75) is 23.9 Å². The fourth-order valence-corrected chi connectivity index (χ4v) is 5.82. The summed E-state index contributed by atoms with van der Waals surface area (Å²) in [5.41, 5.74) is -9.91. The third-order valence-corrected chi connectivity index (χ3v) is 7.74. The standard InChI is InChI=1S/C24H12ClF10I2N3O2/c1-40(20(42)12-5-3-7-38-18(12)25)15-6-2-4-11(16(15)26)19(41)39-17-13(36)8-10(9-14(17)37)21(27,23(30,31)32)22(28,29)24(33,34)35/h2-9H,1H3,(H,39,41). The van der Waals surface area contributed by atoms with Crippen LogP contribution in [0.2, 0.25) is 5.15 Å². The van der Waals surface area contributed by atoms with E-state index >= 15 is 4.39 Å².